The number of carboxylic acids is 1. The van der Waals surface area contributed by atoms with E-state index < -0.39 is 5.97 Å². The Kier molecular flexibility index (Phi) is 23.7. The molecule has 0 amide bonds. The smallest absolute Gasteiger partial charge is 0.545 e. The molecule has 0 N–H and O–H groups in total. The van der Waals surface area contributed by atoms with E-state index in [1.807, 2.05) is 24.3 Å². The molecule has 0 heterocycles. The molecule has 2 nitrogen and oxygen atoms in total. The van der Waals surface area contributed by atoms with Crippen molar-refractivity contribution >= 4 is 5.97 Å². The molecule has 0 atom stereocenters. The number of carbonyl (C=O) groups excluding carboxylic acids is 1. The van der Waals surface area contributed by atoms with Crippen LogP contribution in [0.1, 0.15) is 71.1 Å². The van der Waals surface area contributed by atoms with E-state index in [2.05, 4.69) is 19.1 Å². The monoisotopic (exact) mass is 336 g/mol. The molecule has 134 valence electrons. The first-order valence-corrected chi connectivity index (χ1v) is 9.31. The summed E-state index contributed by atoms with van der Waals surface area (Å²) in [7, 11) is 0. The van der Waals surface area contributed by atoms with Crippen LogP contribution < -0.4 is 24.0 Å². The average Bonchev–Trinajstić information content (AvgIpc) is 2.56. The summed E-state index contributed by atoms with van der Waals surface area (Å²) in [5, 5.41) is 10.1. The molecule has 25 heavy (non-hydrogen) atoms. The number of aliphatic carboxylic acids is 1. The summed E-state index contributed by atoms with van der Waals surface area (Å²) in [6, 6.07) is 0. The molecule has 0 bridgehead atoms. The fourth-order valence-corrected chi connectivity index (χ4v) is 2.27. The van der Waals surface area contributed by atoms with Gasteiger partial charge < -0.3 is 9.90 Å². The molecule has 0 aliphatic carbocycles. The van der Waals surface area contributed by atoms with Crippen molar-refractivity contribution in [3.8, 4) is 0 Å². The molecule has 0 aliphatic heterocycles. The maximum atomic E-state index is 10.1. The predicted molar refractivity (Wildman–Crippen MR) is 103 cm³/mol. The number of unbranched alkanes of at least 4 members (excludes halogenated alkanes) is 9. The molecule has 0 aromatic rings. The van der Waals surface area contributed by atoms with Crippen LogP contribution in [0.25, 0.3) is 0 Å². The van der Waals surface area contributed by atoms with Gasteiger partial charge in [0.1, 0.15) is 0 Å². The fourth-order valence-electron chi connectivity index (χ4n) is 2.27. The average molecular weight is 336 g/mol. The van der Waals surface area contributed by atoms with E-state index in [1.54, 1.807) is 12.2 Å². The van der Waals surface area contributed by atoms with Gasteiger partial charge in [-0.25, -0.2) is 0 Å². The Morgan fingerprint density at radius 2 is 1.12 bits per heavy atom. The summed E-state index contributed by atoms with van der Waals surface area (Å²) in [5.74, 6) is -1.18. The van der Waals surface area contributed by atoms with E-state index in [9.17, 15) is 9.90 Å². The van der Waals surface area contributed by atoms with Crippen molar-refractivity contribution in [2.45, 2.75) is 71.1 Å². The summed E-state index contributed by atoms with van der Waals surface area (Å²) in [6.45, 7) is 2.26. The first kappa shape index (κ1) is 26.0. The second-order valence-electron chi connectivity index (χ2n) is 5.88. The number of carbonyl (C=O) groups is 1. The van der Waals surface area contributed by atoms with Gasteiger partial charge in [0.25, 0.3) is 0 Å². The van der Waals surface area contributed by atoms with Crippen molar-refractivity contribution in [2.75, 3.05) is 0 Å². The molecule has 0 rings (SSSR count). The number of allylic oxidation sites excluding steroid dienone is 9. The number of rotatable bonds is 15. The second kappa shape index (κ2) is 22.8. The predicted octanol–water partition coefficient (Wildman–Crippen LogP) is 2.44. The normalized spacial score (nSPS) is 12.2. The van der Waals surface area contributed by atoms with Gasteiger partial charge in [-0.1, -0.05) is 113 Å². The van der Waals surface area contributed by atoms with Crippen molar-refractivity contribution in [1.29, 1.82) is 0 Å². The largest absolute Gasteiger partial charge is 1.00 e. The molecule has 0 aromatic carbocycles. The molecular formula is C22H33LiO2. The Hall–Kier alpha value is -1.23. The standard InChI is InChI=1S/C22H34O2.Li/c1-2-3-4-5-6-7-8-9-10-11-12-13-14-15-16-17-18-19-20-21-22(23)24;/h12-21H,2-11H2,1H3,(H,23,24);/q;+1/p-1. The van der Waals surface area contributed by atoms with Gasteiger partial charge in [-0.3, -0.25) is 0 Å². The molecule has 0 saturated heterocycles. The summed E-state index contributed by atoms with van der Waals surface area (Å²) < 4.78 is 0. The van der Waals surface area contributed by atoms with Gasteiger partial charge in [0, 0.05) is 0 Å². The molecule has 0 aliphatic rings. The van der Waals surface area contributed by atoms with Gasteiger partial charge in [-0.15, -0.1) is 0 Å². The third-order valence-corrected chi connectivity index (χ3v) is 3.62. The summed E-state index contributed by atoms with van der Waals surface area (Å²) in [5.41, 5.74) is 0. The third kappa shape index (κ3) is 25.1. The van der Waals surface area contributed by atoms with Crippen LogP contribution in [-0.4, -0.2) is 5.97 Å². The zero-order chi connectivity index (χ0) is 17.7. The van der Waals surface area contributed by atoms with Crippen molar-refractivity contribution in [2.24, 2.45) is 0 Å². The summed E-state index contributed by atoms with van der Waals surface area (Å²) in [6.07, 6.45) is 31.4. The fraction of sp³-hybridized carbons (Fsp3) is 0.500. The zero-order valence-electron chi connectivity index (χ0n) is 16.2. The van der Waals surface area contributed by atoms with E-state index in [4.69, 9.17) is 0 Å². The summed E-state index contributed by atoms with van der Waals surface area (Å²) in [4.78, 5) is 10.1. The maximum Gasteiger partial charge on any atom is 1.00 e. The Bertz CT molecular complexity index is 431. The number of hydrogen-bond donors (Lipinski definition) is 0. The van der Waals surface area contributed by atoms with Gasteiger partial charge in [0.15, 0.2) is 0 Å². The summed E-state index contributed by atoms with van der Waals surface area (Å²) >= 11 is 0. The van der Waals surface area contributed by atoms with Crippen LogP contribution in [0.15, 0.2) is 60.8 Å². The minimum absolute atomic E-state index is 0. The molecule has 0 fully saturated rings. The first-order valence-electron chi connectivity index (χ1n) is 9.31. The van der Waals surface area contributed by atoms with Crippen molar-refractivity contribution in [1.82, 2.24) is 0 Å². The SMILES string of the molecule is CCCCCCCCCCCC=CC=CC=CC=CC=CC(=O)[O-].[Li+]. The second-order valence-corrected chi connectivity index (χ2v) is 5.88. The van der Waals surface area contributed by atoms with E-state index >= 15 is 0 Å². The van der Waals surface area contributed by atoms with Crippen molar-refractivity contribution < 1.29 is 28.8 Å². The molecule has 0 spiro atoms. The number of hydrogen-bond acceptors (Lipinski definition) is 2. The Morgan fingerprint density at radius 3 is 1.64 bits per heavy atom. The van der Waals surface area contributed by atoms with Gasteiger partial charge in [-0.2, -0.15) is 0 Å². The van der Waals surface area contributed by atoms with Gasteiger partial charge in [0.05, 0.1) is 5.97 Å². The van der Waals surface area contributed by atoms with Crippen LogP contribution in [0.5, 0.6) is 0 Å². The Morgan fingerprint density at radius 1 is 0.680 bits per heavy atom. The van der Waals surface area contributed by atoms with Crippen LogP contribution in [0.3, 0.4) is 0 Å². The van der Waals surface area contributed by atoms with Gasteiger partial charge >= 0.3 is 18.9 Å². The van der Waals surface area contributed by atoms with Crippen LogP contribution in [0.4, 0.5) is 0 Å². The maximum absolute atomic E-state index is 10.1. The zero-order valence-corrected chi connectivity index (χ0v) is 16.2. The molecular weight excluding hydrogens is 303 g/mol. The minimum atomic E-state index is -1.18. The minimum Gasteiger partial charge on any atom is -0.545 e. The van der Waals surface area contributed by atoms with E-state index in [-0.39, 0.29) is 18.9 Å². The van der Waals surface area contributed by atoms with Crippen molar-refractivity contribution in [3.63, 3.8) is 0 Å². The Labute approximate surface area is 166 Å². The topological polar surface area (TPSA) is 40.1 Å². The quantitative estimate of drug-likeness (QED) is 0.199. The van der Waals surface area contributed by atoms with E-state index in [0.29, 0.717) is 0 Å². The Balaban J connectivity index is 0. The van der Waals surface area contributed by atoms with Crippen molar-refractivity contribution in [3.05, 3.63) is 60.8 Å². The molecule has 0 aromatic heterocycles. The van der Waals surface area contributed by atoms with Crippen LogP contribution in [-0.2, 0) is 4.79 Å². The molecule has 0 unspecified atom stereocenters. The molecule has 0 saturated carbocycles. The third-order valence-electron chi connectivity index (χ3n) is 3.62. The van der Waals surface area contributed by atoms with Crippen LogP contribution in [0.2, 0.25) is 0 Å². The molecule has 3 heteroatoms. The number of carboxylic acid groups (broad SMARTS) is 1. The van der Waals surface area contributed by atoms with Gasteiger partial charge in [-0.05, 0) is 18.9 Å². The van der Waals surface area contributed by atoms with Crippen LogP contribution in [0, 0.1) is 0 Å². The van der Waals surface area contributed by atoms with E-state index in [1.165, 1.54) is 63.9 Å². The van der Waals surface area contributed by atoms with Gasteiger partial charge in [0.2, 0.25) is 0 Å². The first-order chi connectivity index (χ1) is 11.8. The van der Waals surface area contributed by atoms with E-state index in [0.717, 1.165) is 12.5 Å². The van der Waals surface area contributed by atoms with Crippen LogP contribution >= 0.6 is 0 Å². The molecule has 0 radical (unpaired) electrons.